The number of hydrogen-bond donors (Lipinski definition) is 2. The Kier molecular flexibility index (Phi) is 16.8. The molecule has 0 aromatic heterocycles. The molecule has 0 rings (SSSR count). The molecule has 0 saturated carbocycles. The average molecular weight is 275 g/mol. The molecule has 0 aliphatic rings. The van der Waals surface area contributed by atoms with Crippen molar-refractivity contribution in [3.8, 4) is 0 Å². The molecular weight excluding hydrogens is 242 g/mol. The molecule has 0 aromatic carbocycles. The SMILES string of the molecule is CC.CCN(C)CCNC(=O)COCCNC(C)C. The van der Waals surface area contributed by atoms with Crippen molar-refractivity contribution >= 4 is 5.91 Å². The van der Waals surface area contributed by atoms with Gasteiger partial charge in [0.05, 0.1) is 6.61 Å². The molecule has 0 atom stereocenters. The predicted octanol–water partition coefficient (Wildman–Crippen LogP) is 1.10. The molecule has 2 N–H and O–H groups in total. The number of likely N-dealkylation sites (N-methyl/N-ethyl adjacent to an activating group) is 1. The van der Waals surface area contributed by atoms with Crippen molar-refractivity contribution in [1.82, 2.24) is 15.5 Å². The van der Waals surface area contributed by atoms with Gasteiger partial charge in [0.1, 0.15) is 6.61 Å². The maximum Gasteiger partial charge on any atom is 0.246 e. The second-order valence-corrected chi connectivity index (χ2v) is 4.41. The topological polar surface area (TPSA) is 53.6 Å². The van der Waals surface area contributed by atoms with Crippen LogP contribution in [0.4, 0.5) is 0 Å². The minimum Gasteiger partial charge on any atom is -0.370 e. The van der Waals surface area contributed by atoms with Crippen LogP contribution in [0.3, 0.4) is 0 Å². The van der Waals surface area contributed by atoms with E-state index < -0.39 is 0 Å². The van der Waals surface area contributed by atoms with Gasteiger partial charge in [-0.25, -0.2) is 0 Å². The van der Waals surface area contributed by atoms with Crippen molar-refractivity contribution in [3.63, 3.8) is 0 Å². The summed E-state index contributed by atoms with van der Waals surface area (Å²) in [5.41, 5.74) is 0. The minimum absolute atomic E-state index is 0.0425. The van der Waals surface area contributed by atoms with E-state index in [1.165, 1.54) is 0 Å². The molecule has 0 unspecified atom stereocenters. The zero-order chi connectivity index (χ0) is 15.1. The summed E-state index contributed by atoms with van der Waals surface area (Å²) in [4.78, 5) is 13.5. The Balaban J connectivity index is 0. The third kappa shape index (κ3) is 17.4. The second kappa shape index (κ2) is 15.4. The number of nitrogens with one attached hydrogen (secondary N) is 2. The molecule has 5 heteroatoms. The molecule has 0 aromatic rings. The van der Waals surface area contributed by atoms with Gasteiger partial charge in [0.25, 0.3) is 0 Å². The maximum absolute atomic E-state index is 11.3. The lowest BCUT2D eigenvalue weighted by atomic mass is 10.4. The molecular formula is C14H33N3O2. The van der Waals surface area contributed by atoms with E-state index in [0.717, 1.165) is 19.6 Å². The van der Waals surface area contributed by atoms with E-state index in [2.05, 4.69) is 36.3 Å². The van der Waals surface area contributed by atoms with Gasteiger partial charge in [-0.1, -0.05) is 34.6 Å². The van der Waals surface area contributed by atoms with Crippen LogP contribution in [0.15, 0.2) is 0 Å². The van der Waals surface area contributed by atoms with E-state index in [0.29, 0.717) is 19.2 Å². The molecule has 0 bridgehead atoms. The van der Waals surface area contributed by atoms with Crippen LogP contribution >= 0.6 is 0 Å². The van der Waals surface area contributed by atoms with Crippen LogP contribution < -0.4 is 10.6 Å². The molecule has 1 amide bonds. The summed E-state index contributed by atoms with van der Waals surface area (Å²) in [6.45, 7) is 14.3. The van der Waals surface area contributed by atoms with Gasteiger partial charge >= 0.3 is 0 Å². The Morgan fingerprint density at radius 1 is 1.26 bits per heavy atom. The molecule has 0 aliphatic carbocycles. The number of carbonyl (C=O) groups excluding carboxylic acids is 1. The van der Waals surface area contributed by atoms with Gasteiger partial charge in [0, 0.05) is 25.7 Å². The number of nitrogens with zero attached hydrogens (tertiary/aromatic N) is 1. The largest absolute Gasteiger partial charge is 0.370 e. The predicted molar refractivity (Wildman–Crippen MR) is 81.5 cm³/mol. The van der Waals surface area contributed by atoms with E-state index >= 15 is 0 Å². The van der Waals surface area contributed by atoms with Crippen molar-refractivity contribution in [2.45, 2.75) is 40.7 Å². The smallest absolute Gasteiger partial charge is 0.246 e. The van der Waals surface area contributed by atoms with E-state index in [1.54, 1.807) is 0 Å². The average Bonchev–Trinajstić information content (AvgIpc) is 2.40. The fraction of sp³-hybridized carbons (Fsp3) is 0.929. The Bertz CT molecular complexity index is 199. The van der Waals surface area contributed by atoms with Crippen LogP contribution in [0, 0.1) is 0 Å². The van der Waals surface area contributed by atoms with E-state index in [1.807, 2.05) is 20.9 Å². The fourth-order valence-corrected chi connectivity index (χ4v) is 1.18. The van der Waals surface area contributed by atoms with Crippen LogP contribution in [0.25, 0.3) is 0 Å². The van der Waals surface area contributed by atoms with E-state index in [4.69, 9.17) is 4.74 Å². The lowest BCUT2D eigenvalue weighted by Crippen LogP contribution is -2.35. The Hall–Kier alpha value is -0.650. The first-order valence-corrected chi connectivity index (χ1v) is 7.32. The monoisotopic (exact) mass is 275 g/mol. The Labute approximate surface area is 119 Å². The summed E-state index contributed by atoms with van der Waals surface area (Å²) in [5.74, 6) is -0.0425. The zero-order valence-electron chi connectivity index (χ0n) is 13.6. The van der Waals surface area contributed by atoms with Crippen LogP contribution in [-0.2, 0) is 9.53 Å². The lowest BCUT2D eigenvalue weighted by Gasteiger charge is -2.14. The quantitative estimate of drug-likeness (QED) is 0.586. The normalized spacial score (nSPS) is 10.3. The summed E-state index contributed by atoms with van der Waals surface area (Å²) < 4.78 is 5.24. The van der Waals surface area contributed by atoms with Crippen molar-refractivity contribution in [1.29, 1.82) is 0 Å². The van der Waals surface area contributed by atoms with Crippen molar-refractivity contribution < 1.29 is 9.53 Å². The van der Waals surface area contributed by atoms with Crippen molar-refractivity contribution in [3.05, 3.63) is 0 Å². The first-order chi connectivity index (χ1) is 9.06. The molecule has 116 valence electrons. The zero-order valence-corrected chi connectivity index (χ0v) is 13.6. The van der Waals surface area contributed by atoms with Crippen LogP contribution in [-0.4, -0.2) is 63.3 Å². The Morgan fingerprint density at radius 2 is 1.89 bits per heavy atom. The van der Waals surface area contributed by atoms with E-state index in [9.17, 15) is 4.79 Å². The molecule has 0 saturated heterocycles. The van der Waals surface area contributed by atoms with Gasteiger partial charge in [-0.15, -0.1) is 0 Å². The van der Waals surface area contributed by atoms with E-state index in [-0.39, 0.29) is 12.5 Å². The second-order valence-electron chi connectivity index (χ2n) is 4.41. The molecule has 0 heterocycles. The highest BCUT2D eigenvalue weighted by Gasteiger charge is 2.01. The molecule has 0 aliphatic heterocycles. The molecule has 0 radical (unpaired) electrons. The molecule has 19 heavy (non-hydrogen) atoms. The van der Waals surface area contributed by atoms with Crippen molar-refractivity contribution in [2.24, 2.45) is 0 Å². The number of amides is 1. The highest BCUT2D eigenvalue weighted by atomic mass is 16.5. The third-order valence-corrected chi connectivity index (χ3v) is 2.39. The summed E-state index contributed by atoms with van der Waals surface area (Å²) in [5, 5.41) is 6.04. The van der Waals surface area contributed by atoms with Gasteiger partial charge in [-0.05, 0) is 13.6 Å². The highest BCUT2D eigenvalue weighted by molar-refractivity contribution is 5.77. The van der Waals surface area contributed by atoms with Gasteiger partial charge in [0.15, 0.2) is 0 Å². The summed E-state index contributed by atoms with van der Waals surface area (Å²) >= 11 is 0. The number of rotatable bonds is 10. The van der Waals surface area contributed by atoms with Gasteiger partial charge in [0.2, 0.25) is 5.91 Å². The number of carbonyl (C=O) groups is 1. The number of ether oxygens (including phenoxy) is 1. The fourth-order valence-electron chi connectivity index (χ4n) is 1.18. The van der Waals surface area contributed by atoms with Gasteiger partial charge < -0.3 is 20.3 Å². The molecule has 0 fully saturated rings. The number of hydrogen-bond acceptors (Lipinski definition) is 4. The molecule has 0 spiro atoms. The third-order valence-electron chi connectivity index (χ3n) is 2.39. The summed E-state index contributed by atoms with van der Waals surface area (Å²) in [6, 6.07) is 0.456. The van der Waals surface area contributed by atoms with Crippen LogP contribution in [0.2, 0.25) is 0 Å². The van der Waals surface area contributed by atoms with Crippen molar-refractivity contribution in [2.75, 3.05) is 46.4 Å². The first kappa shape index (κ1) is 20.7. The molecule has 5 nitrogen and oxygen atoms in total. The standard InChI is InChI=1S/C12H27N3O2.C2H6/c1-5-15(4)8-6-14-12(16)10-17-9-7-13-11(2)3;1-2/h11,13H,5-10H2,1-4H3,(H,14,16);1-2H3. The maximum atomic E-state index is 11.3. The van der Waals surface area contributed by atoms with Gasteiger partial charge in [-0.3, -0.25) is 4.79 Å². The summed E-state index contributed by atoms with van der Waals surface area (Å²) in [7, 11) is 2.03. The van der Waals surface area contributed by atoms with Crippen LogP contribution in [0.5, 0.6) is 0 Å². The first-order valence-electron chi connectivity index (χ1n) is 7.32. The van der Waals surface area contributed by atoms with Gasteiger partial charge in [-0.2, -0.15) is 0 Å². The highest BCUT2D eigenvalue weighted by Crippen LogP contribution is 1.80. The minimum atomic E-state index is -0.0425. The summed E-state index contributed by atoms with van der Waals surface area (Å²) in [6.07, 6.45) is 0. The Morgan fingerprint density at radius 3 is 2.42 bits per heavy atom. The lowest BCUT2D eigenvalue weighted by molar-refractivity contribution is -0.125. The van der Waals surface area contributed by atoms with Crippen LogP contribution in [0.1, 0.15) is 34.6 Å².